The average molecular weight is 412 g/mol. The Morgan fingerprint density at radius 1 is 0.966 bits per heavy atom. The van der Waals surface area contributed by atoms with Crippen molar-refractivity contribution in [3.63, 3.8) is 0 Å². The number of carbonyl (C=O) groups excluding carboxylic acids is 2. The van der Waals surface area contributed by atoms with Gasteiger partial charge in [0, 0.05) is 14.1 Å². The molecule has 0 aliphatic carbocycles. The molecule has 1 heterocycles. The van der Waals surface area contributed by atoms with Crippen molar-refractivity contribution in [2.24, 2.45) is 20.0 Å². The van der Waals surface area contributed by atoms with Crippen LogP contribution in [0.1, 0.15) is 58.4 Å². The Balaban J connectivity index is 2.61. The Hall–Kier alpha value is -2.58. The van der Waals surface area contributed by atoms with Gasteiger partial charge in [-0.15, -0.1) is 0 Å². The van der Waals surface area contributed by atoms with Crippen LogP contribution in [0.4, 0.5) is 4.79 Å². The van der Waals surface area contributed by atoms with Crippen LogP contribution < -0.4 is 16.0 Å². The molecular formula is C20H32N2O7. The summed E-state index contributed by atoms with van der Waals surface area (Å²) in [6, 6.07) is 0. The van der Waals surface area contributed by atoms with E-state index in [1.165, 1.54) is 14.1 Å². The van der Waals surface area contributed by atoms with E-state index in [-0.39, 0.29) is 36.5 Å². The van der Waals surface area contributed by atoms with Gasteiger partial charge in [0.2, 0.25) is 5.88 Å². The zero-order valence-electron chi connectivity index (χ0n) is 18.0. The lowest BCUT2D eigenvalue weighted by atomic mass is 10.1. The van der Waals surface area contributed by atoms with Gasteiger partial charge in [-0.1, -0.05) is 27.2 Å². The van der Waals surface area contributed by atoms with Crippen molar-refractivity contribution in [2.45, 2.75) is 59.3 Å². The zero-order chi connectivity index (χ0) is 22.0. The van der Waals surface area contributed by atoms with Gasteiger partial charge in [-0.2, -0.15) is 0 Å². The molecule has 0 saturated heterocycles. The van der Waals surface area contributed by atoms with Crippen molar-refractivity contribution in [3.8, 4) is 5.88 Å². The van der Waals surface area contributed by atoms with E-state index in [1.54, 1.807) is 6.92 Å². The summed E-state index contributed by atoms with van der Waals surface area (Å²) in [5, 5.41) is 0. The Labute approximate surface area is 170 Å². The molecule has 9 heteroatoms. The maximum absolute atomic E-state index is 12.4. The molecule has 0 radical (unpaired) electrons. The Bertz CT molecular complexity index is 810. The average Bonchev–Trinajstić information content (AvgIpc) is 2.71. The summed E-state index contributed by atoms with van der Waals surface area (Å²) in [7, 11) is 2.82. The lowest BCUT2D eigenvalue weighted by Crippen LogP contribution is -2.40. The first-order chi connectivity index (χ1) is 13.7. The van der Waals surface area contributed by atoms with Crippen LogP contribution in [0, 0.1) is 5.92 Å². The second kappa shape index (κ2) is 12.1. The number of aromatic nitrogens is 2. The molecule has 29 heavy (non-hydrogen) atoms. The number of rotatable bonds is 11. The van der Waals surface area contributed by atoms with Crippen LogP contribution in [0.15, 0.2) is 9.59 Å². The van der Waals surface area contributed by atoms with Crippen molar-refractivity contribution in [1.82, 2.24) is 9.13 Å². The van der Waals surface area contributed by atoms with Gasteiger partial charge in [-0.25, -0.2) is 9.59 Å². The van der Waals surface area contributed by atoms with Crippen molar-refractivity contribution in [1.29, 1.82) is 0 Å². The van der Waals surface area contributed by atoms with Gasteiger partial charge < -0.3 is 14.2 Å². The largest absolute Gasteiger partial charge is 0.515 e. The summed E-state index contributed by atoms with van der Waals surface area (Å²) in [6.07, 6.45) is 2.72. The molecule has 164 valence electrons. The summed E-state index contributed by atoms with van der Waals surface area (Å²) >= 11 is 0. The van der Waals surface area contributed by atoms with E-state index < -0.39 is 17.4 Å². The zero-order valence-corrected chi connectivity index (χ0v) is 18.0. The number of nitrogens with zero attached hydrogens (tertiary/aromatic N) is 2. The molecule has 1 aromatic rings. The smallest absolute Gasteiger partial charge is 0.465 e. The first-order valence-electron chi connectivity index (χ1n) is 10.0. The van der Waals surface area contributed by atoms with Crippen LogP contribution in [-0.2, 0) is 34.8 Å². The van der Waals surface area contributed by atoms with Crippen LogP contribution in [0.5, 0.6) is 5.88 Å². The number of unbranched alkanes of at least 4 members (excludes halogenated alkanes) is 2. The molecule has 0 aliphatic rings. The number of carbonyl (C=O) groups is 2. The molecule has 0 saturated carbocycles. The molecule has 0 bridgehead atoms. The van der Waals surface area contributed by atoms with E-state index in [4.69, 9.17) is 14.2 Å². The minimum Gasteiger partial charge on any atom is -0.465 e. The summed E-state index contributed by atoms with van der Waals surface area (Å²) in [5.41, 5.74) is -0.793. The van der Waals surface area contributed by atoms with Crippen LogP contribution in [-0.4, -0.2) is 34.5 Å². The van der Waals surface area contributed by atoms with Crippen molar-refractivity contribution < 1.29 is 23.8 Å². The minimum atomic E-state index is -0.984. The monoisotopic (exact) mass is 412 g/mol. The van der Waals surface area contributed by atoms with E-state index >= 15 is 0 Å². The van der Waals surface area contributed by atoms with Gasteiger partial charge in [0.25, 0.3) is 5.56 Å². The van der Waals surface area contributed by atoms with E-state index in [2.05, 4.69) is 0 Å². The first kappa shape index (κ1) is 24.5. The third kappa shape index (κ3) is 7.07. The van der Waals surface area contributed by atoms with Crippen molar-refractivity contribution >= 4 is 12.1 Å². The summed E-state index contributed by atoms with van der Waals surface area (Å²) in [4.78, 5) is 48.1. The molecule has 9 nitrogen and oxygen atoms in total. The summed E-state index contributed by atoms with van der Waals surface area (Å²) in [6.45, 7) is 6.02. The molecule has 0 aromatic carbocycles. The van der Waals surface area contributed by atoms with Crippen LogP contribution >= 0.6 is 0 Å². The number of esters is 1. The molecule has 0 fully saturated rings. The van der Waals surface area contributed by atoms with Crippen molar-refractivity contribution in [3.05, 3.63) is 26.4 Å². The second-order valence-electron chi connectivity index (χ2n) is 6.98. The van der Waals surface area contributed by atoms with Gasteiger partial charge in [-0.3, -0.25) is 18.7 Å². The van der Waals surface area contributed by atoms with E-state index in [1.807, 2.05) is 13.8 Å². The molecular weight excluding hydrogens is 380 g/mol. The van der Waals surface area contributed by atoms with Crippen LogP contribution in [0.2, 0.25) is 0 Å². The molecule has 1 aromatic heterocycles. The topological polar surface area (TPSA) is 106 Å². The van der Waals surface area contributed by atoms with Gasteiger partial charge in [0.05, 0.1) is 24.7 Å². The van der Waals surface area contributed by atoms with Gasteiger partial charge in [-0.05, 0) is 32.1 Å². The third-order valence-corrected chi connectivity index (χ3v) is 4.68. The van der Waals surface area contributed by atoms with E-state index in [0.717, 1.165) is 22.0 Å². The summed E-state index contributed by atoms with van der Waals surface area (Å²) < 4.78 is 17.4. The molecule has 0 N–H and O–H groups in total. The maximum Gasteiger partial charge on any atom is 0.515 e. The lowest BCUT2D eigenvalue weighted by Gasteiger charge is -2.14. The normalized spacial score (nSPS) is 11.8. The van der Waals surface area contributed by atoms with Crippen LogP contribution in [0.3, 0.4) is 0 Å². The highest BCUT2D eigenvalue weighted by molar-refractivity contribution is 5.71. The SMILES string of the molecule is CCCCc1c(OC(=O)OCCCCOC(=O)C(C)CC)n(C)c(=O)n(C)c1=O. The van der Waals surface area contributed by atoms with Gasteiger partial charge >= 0.3 is 17.8 Å². The maximum atomic E-state index is 12.4. The molecule has 1 unspecified atom stereocenters. The van der Waals surface area contributed by atoms with Crippen LogP contribution in [0.25, 0.3) is 0 Å². The standard InChI is InChI=1S/C20H32N2O7/c1-6-8-11-15-16(23)21(4)19(25)22(5)17(15)29-20(26)28-13-10-9-12-27-18(24)14(3)7-2/h14H,6-13H2,1-5H3. The molecule has 0 amide bonds. The minimum absolute atomic E-state index is 0.0722. The van der Waals surface area contributed by atoms with E-state index in [0.29, 0.717) is 25.7 Å². The molecule has 0 aliphatic heterocycles. The van der Waals surface area contributed by atoms with E-state index in [9.17, 15) is 19.2 Å². The third-order valence-electron chi connectivity index (χ3n) is 4.68. The number of hydrogen-bond donors (Lipinski definition) is 0. The lowest BCUT2D eigenvalue weighted by molar-refractivity contribution is -0.148. The fraction of sp³-hybridized carbons (Fsp3) is 0.700. The second-order valence-corrected chi connectivity index (χ2v) is 6.98. The first-order valence-corrected chi connectivity index (χ1v) is 10.0. The Kier molecular flexibility index (Phi) is 10.2. The Morgan fingerprint density at radius 3 is 2.17 bits per heavy atom. The molecule has 1 atom stereocenters. The van der Waals surface area contributed by atoms with Gasteiger partial charge in [0.1, 0.15) is 0 Å². The van der Waals surface area contributed by atoms with Gasteiger partial charge in [0.15, 0.2) is 0 Å². The highest BCUT2D eigenvalue weighted by Crippen LogP contribution is 2.15. The predicted molar refractivity (Wildman–Crippen MR) is 107 cm³/mol. The quantitative estimate of drug-likeness (QED) is 0.405. The molecule has 1 rings (SSSR count). The fourth-order valence-electron chi connectivity index (χ4n) is 2.54. The highest BCUT2D eigenvalue weighted by atomic mass is 16.7. The number of hydrogen-bond acceptors (Lipinski definition) is 7. The predicted octanol–water partition coefficient (Wildman–Crippen LogP) is 2.31. The highest BCUT2D eigenvalue weighted by Gasteiger charge is 2.20. The van der Waals surface area contributed by atoms with Crippen molar-refractivity contribution in [2.75, 3.05) is 13.2 Å². The Morgan fingerprint density at radius 2 is 1.59 bits per heavy atom. The fourth-order valence-corrected chi connectivity index (χ4v) is 2.54. The number of ether oxygens (including phenoxy) is 3. The summed E-state index contributed by atoms with van der Waals surface area (Å²) in [5.74, 6) is -0.452. The molecule has 0 spiro atoms.